The van der Waals surface area contributed by atoms with Crippen molar-refractivity contribution in [2.45, 2.75) is 20.0 Å². The van der Waals surface area contributed by atoms with Crippen molar-refractivity contribution < 1.29 is 9.53 Å². The zero-order chi connectivity index (χ0) is 17.6. The Kier molecular flexibility index (Phi) is 5.25. The molecule has 0 saturated heterocycles. The van der Waals surface area contributed by atoms with Crippen LogP contribution < -0.4 is 5.32 Å². The zero-order valence-electron chi connectivity index (χ0n) is 14.3. The van der Waals surface area contributed by atoms with Crippen molar-refractivity contribution in [1.29, 1.82) is 0 Å². The second kappa shape index (κ2) is 7.76. The highest BCUT2D eigenvalue weighted by molar-refractivity contribution is 6.01. The Bertz CT molecular complexity index is 838. The number of amides is 1. The highest BCUT2D eigenvalue weighted by Crippen LogP contribution is 2.23. The predicted molar refractivity (Wildman–Crippen MR) is 94.0 cm³/mol. The minimum atomic E-state index is -0.162. The van der Waals surface area contributed by atoms with E-state index in [1.54, 1.807) is 19.6 Å². The van der Waals surface area contributed by atoms with E-state index in [1.165, 1.54) is 0 Å². The summed E-state index contributed by atoms with van der Waals surface area (Å²) in [7, 11) is 1.66. The van der Waals surface area contributed by atoms with Gasteiger partial charge in [0.25, 0.3) is 5.91 Å². The monoisotopic (exact) mass is 339 g/mol. The van der Waals surface area contributed by atoms with Crippen molar-refractivity contribution in [3.05, 3.63) is 59.8 Å². The number of H-pyrrole nitrogens is 1. The first-order valence-electron chi connectivity index (χ1n) is 8.07. The fourth-order valence-corrected chi connectivity index (χ4v) is 2.66. The van der Waals surface area contributed by atoms with Crippen molar-refractivity contribution >= 4 is 5.91 Å². The molecule has 25 heavy (non-hydrogen) atoms. The van der Waals surface area contributed by atoms with Gasteiger partial charge in [-0.25, -0.2) is 4.98 Å². The summed E-state index contributed by atoms with van der Waals surface area (Å²) in [5.74, 6) is -0.162. The fourth-order valence-electron chi connectivity index (χ4n) is 2.66. The Balaban J connectivity index is 1.75. The summed E-state index contributed by atoms with van der Waals surface area (Å²) in [6, 6.07) is 9.66. The number of aromatic amines is 1. The average molecular weight is 339 g/mol. The van der Waals surface area contributed by atoms with Crippen LogP contribution in [-0.2, 0) is 17.8 Å². The molecule has 1 aromatic carbocycles. The first-order valence-corrected chi connectivity index (χ1v) is 8.07. The third-order valence-electron chi connectivity index (χ3n) is 3.99. The maximum absolute atomic E-state index is 12.7. The summed E-state index contributed by atoms with van der Waals surface area (Å²) in [6.45, 7) is 3.52. The number of hydrogen-bond acceptors (Lipinski definition) is 4. The maximum atomic E-state index is 12.7. The number of ether oxygens (including phenoxy) is 1. The smallest absolute Gasteiger partial charge is 0.255 e. The molecule has 0 radical (unpaired) electrons. The third kappa shape index (κ3) is 3.77. The molecular formula is C18H21N5O2. The second-order valence-electron chi connectivity index (χ2n) is 5.69. The van der Waals surface area contributed by atoms with E-state index in [1.807, 2.05) is 41.8 Å². The summed E-state index contributed by atoms with van der Waals surface area (Å²) in [5.41, 5.74) is 3.79. The SMILES string of the molecule is COCCn1cncc1CNC(=O)c1c(-c2ccccc2)n[nH]c1C. The van der Waals surface area contributed by atoms with Gasteiger partial charge in [0, 0.05) is 31.1 Å². The molecule has 0 saturated carbocycles. The highest BCUT2D eigenvalue weighted by Gasteiger charge is 2.19. The van der Waals surface area contributed by atoms with Crippen LogP contribution in [0.2, 0.25) is 0 Å². The number of hydrogen-bond donors (Lipinski definition) is 2. The number of methoxy groups -OCH3 is 1. The fraction of sp³-hybridized carbons (Fsp3) is 0.278. The predicted octanol–water partition coefficient (Wildman–Crippen LogP) is 2.16. The molecule has 0 bridgehead atoms. The van der Waals surface area contributed by atoms with E-state index in [4.69, 9.17) is 4.74 Å². The zero-order valence-corrected chi connectivity index (χ0v) is 14.3. The van der Waals surface area contributed by atoms with Crippen LogP contribution in [0, 0.1) is 6.92 Å². The number of benzene rings is 1. The van der Waals surface area contributed by atoms with Gasteiger partial charge in [-0.05, 0) is 6.92 Å². The van der Waals surface area contributed by atoms with Crippen LogP contribution in [-0.4, -0.2) is 39.4 Å². The van der Waals surface area contributed by atoms with E-state index in [2.05, 4.69) is 20.5 Å². The lowest BCUT2D eigenvalue weighted by Crippen LogP contribution is -2.25. The molecule has 2 heterocycles. The Morgan fingerprint density at radius 2 is 2.12 bits per heavy atom. The van der Waals surface area contributed by atoms with Gasteiger partial charge < -0.3 is 14.6 Å². The molecule has 0 aliphatic heterocycles. The standard InChI is InChI=1S/C18H21N5O2/c1-13-16(17(22-21-13)14-6-4-3-5-7-14)18(24)20-11-15-10-19-12-23(15)8-9-25-2/h3-7,10,12H,8-9,11H2,1-2H3,(H,20,24)(H,21,22). The number of rotatable bonds is 7. The molecule has 2 N–H and O–H groups in total. The van der Waals surface area contributed by atoms with Crippen LogP contribution in [0.4, 0.5) is 0 Å². The van der Waals surface area contributed by atoms with Crippen LogP contribution >= 0.6 is 0 Å². The van der Waals surface area contributed by atoms with Gasteiger partial charge in [-0.1, -0.05) is 30.3 Å². The molecule has 3 aromatic rings. The molecular weight excluding hydrogens is 318 g/mol. The van der Waals surface area contributed by atoms with Crippen LogP contribution in [0.3, 0.4) is 0 Å². The summed E-state index contributed by atoms with van der Waals surface area (Å²) in [6.07, 6.45) is 3.48. The van der Waals surface area contributed by atoms with Crippen molar-refractivity contribution in [1.82, 2.24) is 25.1 Å². The average Bonchev–Trinajstić information content (AvgIpc) is 3.25. The van der Waals surface area contributed by atoms with E-state index in [0.717, 1.165) is 17.0 Å². The molecule has 0 spiro atoms. The summed E-state index contributed by atoms with van der Waals surface area (Å²) in [5, 5.41) is 10.1. The van der Waals surface area contributed by atoms with E-state index in [0.29, 0.717) is 31.0 Å². The van der Waals surface area contributed by atoms with E-state index < -0.39 is 0 Å². The van der Waals surface area contributed by atoms with Gasteiger partial charge >= 0.3 is 0 Å². The molecule has 7 nitrogen and oxygen atoms in total. The van der Waals surface area contributed by atoms with Crippen molar-refractivity contribution in [2.24, 2.45) is 0 Å². The molecule has 0 aliphatic carbocycles. The molecule has 0 aliphatic rings. The molecule has 2 aromatic heterocycles. The van der Waals surface area contributed by atoms with Crippen molar-refractivity contribution in [2.75, 3.05) is 13.7 Å². The molecule has 0 fully saturated rings. The largest absolute Gasteiger partial charge is 0.383 e. The lowest BCUT2D eigenvalue weighted by molar-refractivity contribution is 0.0950. The minimum Gasteiger partial charge on any atom is -0.383 e. The molecule has 0 atom stereocenters. The molecule has 3 rings (SSSR count). The molecule has 7 heteroatoms. The third-order valence-corrected chi connectivity index (χ3v) is 3.99. The number of nitrogens with zero attached hydrogens (tertiary/aromatic N) is 3. The van der Waals surface area contributed by atoms with Crippen LogP contribution in [0.15, 0.2) is 42.9 Å². The van der Waals surface area contributed by atoms with E-state index in [-0.39, 0.29) is 5.91 Å². The summed E-state index contributed by atoms with van der Waals surface area (Å²) >= 11 is 0. The first kappa shape index (κ1) is 16.9. The number of aromatic nitrogens is 4. The molecule has 130 valence electrons. The Hall–Kier alpha value is -2.93. The normalized spacial score (nSPS) is 10.8. The van der Waals surface area contributed by atoms with Gasteiger partial charge in [-0.2, -0.15) is 5.10 Å². The van der Waals surface area contributed by atoms with Crippen molar-refractivity contribution in [3.63, 3.8) is 0 Å². The highest BCUT2D eigenvalue weighted by atomic mass is 16.5. The van der Waals surface area contributed by atoms with Crippen molar-refractivity contribution in [3.8, 4) is 11.3 Å². The molecule has 1 amide bonds. The Morgan fingerprint density at radius 1 is 1.32 bits per heavy atom. The quantitative estimate of drug-likeness (QED) is 0.691. The van der Waals surface area contributed by atoms with Crippen LogP contribution in [0.25, 0.3) is 11.3 Å². The minimum absolute atomic E-state index is 0.162. The van der Waals surface area contributed by atoms with Gasteiger partial charge in [-0.3, -0.25) is 9.89 Å². The lowest BCUT2D eigenvalue weighted by atomic mass is 10.1. The number of aryl methyl sites for hydroxylation is 1. The van der Waals surface area contributed by atoms with Gasteiger partial charge in [0.05, 0.1) is 30.7 Å². The summed E-state index contributed by atoms with van der Waals surface area (Å²) < 4.78 is 7.05. The number of carbonyl (C=O) groups is 1. The number of imidazole rings is 1. The number of carbonyl (C=O) groups excluding carboxylic acids is 1. The lowest BCUT2D eigenvalue weighted by Gasteiger charge is -2.09. The Labute approximate surface area is 146 Å². The van der Waals surface area contributed by atoms with Crippen LogP contribution in [0.5, 0.6) is 0 Å². The Morgan fingerprint density at radius 3 is 2.88 bits per heavy atom. The van der Waals surface area contributed by atoms with Gasteiger partial charge in [0.2, 0.25) is 0 Å². The number of nitrogens with one attached hydrogen (secondary N) is 2. The second-order valence-corrected chi connectivity index (χ2v) is 5.69. The molecule has 0 unspecified atom stereocenters. The van der Waals surface area contributed by atoms with E-state index in [9.17, 15) is 4.79 Å². The topological polar surface area (TPSA) is 84.8 Å². The van der Waals surface area contributed by atoms with Gasteiger partial charge in [0.1, 0.15) is 5.69 Å². The van der Waals surface area contributed by atoms with Gasteiger partial charge in [0.15, 0.2) is 0 Å². The summed E-state index contributed by atoms with van der Waals surface area (Å²) in [4.78, 5) is 16.9. The van der Waals surface area contributed by atoms with Crippen LogP contribution in [0.1, 0.15) is 21.7 Å². The van der Waals surface area contributed by atoms with Gasteiger partial charge in [-0.15, -0.1) is 0 Å². The van der Waals surface area contributed by atoms with E-state index >= 15 is 0 Å². The first-order chi connectivity index (χ1) is 12.2. The maximum Gasteiger partial charge on any atom is 0.255 e.